The van der Waals surface area contributed by atoms with Crippen LogP contribution in [0.5, 0.6) is 0 Å². The minimum Gasteiger partial charge on any atom is -0.301 e. The van der Waals surface area contributed by atoms with Crippen LogP contribution in [0.4, 0.5) is 5.13 Å². The molecule has 132 valence electrons. The summed E-state index contributed by atoms with van der Waals surface area (Å²) in [6.45, 7) is 6.33. The highest BCUT2D eigenvalue weighted by atomic mass is 32.1. The van der Waals surface area contributed by atoms with Gasteiger partial charge in [0.05, 0.1) is 11.1 Å². The van der Waals surface area contributed by atoms with Gasteiger partial charge in [-0.05, 0) is 50.3 Å². The van der Waals surface area contributed by atoms with E-state index < -0.39 is 0 Å². The summed E-state index contributed by atoms with van der Waals surface area (Å²) in [5.41, 5.74) is 6.51. The maximum atomic E-state index is 12.9. The van der Waals surface area contributed by atoms with Gasteiger partial charge in [-0.2, -0.15) is 0 Å². The lowest BCUT2D eigenvalue weighted by Crippen LogP contribution is -2.27. The van der Waals surface area contributed by atoms with Gasteiger partial charge < -0.3 is 5.32 Å². The number of carbonyl (C=O) groups excluding carboxylic acids is 1. The van der Waals surface area contributed by atoms with Crippen LogP contribution in [0.15, 0.2) is 47.8 Å². The van der Waals surface area contributed by atoms with E-state index in [0.29, 0.717) is 5.13 Å². The van der Waals surface area contributed by atoms with Gasteiger partial charge in [0.1, 0.15) is 0 Å². The molecule has 1 aromatic heterocycles. The molecule has 2 aromatic carbocycles. The maximum Gasteiger partial charge on any atom is 0.236 e. The zero-order valence-corrected chi connectivity index (χ0v) is 16.1. The third kappa shape index (κ3) is 2.95. The first-order valence-corrected chi connectivity index (χ1v) is 9.78. The number of hydrogen-bond acceptors (Lipinski definition) is 3. The smallest absolute Gasteiger partial charge is 0.236 e. The van der Waals surface area contributed by atoms with Crippen molar-refractivity contribution in [2.45, 2.75) is 39.0 Å². The highest BCUT2D eigenvalue weighted by Crippen LogP contribution is 2.49. The zero-order chi connectivity index (χ0) is 18.3. The van der Waals surface area contributed by atoms with Gasteiger partial charge in [0.2, 0.25) is 5.91 Å². The maximum absolute atomic E-state index is 12.9. The molecule has 4 heteroatoms. The molecular weight excluding hydrogens is 340 g/mol. The fourth-order valence-electron chi connectivity index (χ4n) is 3.78. The summed E-state index contributed by atoms with van der Waals surface area (Å²) < 4.78 is 0. The molecule has 0 radical (unpaired) electrons. The number of aromatic nitrogens is 1. The van der Waals surface area contributed by atoms with E-state index in [4.69, 9.17) is 4.98 Å². The molecular formula is C22H22N2OS. The number of thiazole rings is 1. The first kappa shape index (κ1) is 17.0. The third-order valence-electron chi connectivity index (χ3n) is 5.17. The molecule has 1 fully saturated rings. The number of nitrogens with zero attached hydrogens (tertiary/aromatic N) is 1. The zero-order valence-electron chi connectivity index (χ0n) is 15.3. The Hall–Kier alpha value is -2.46. The van der Waals surface area contributed by atoms with Crippen LogP contribution in [0.2, 0.25) is 0 Å². The Bertz CT molecular complexity index is 948. The van der Waals surface area contributed by atoms with Crippen LogP contribution >= 0.6 is 11.3 Å². The second kappa shape index (κ2) is 6.36. The van der Waals surface area contributed by atoms with Gasteiger partial charge in [-0.3, -0.25) is 4.79 Å². The Balaban J connectivity index is 1.58. The van der Waals surface area contributed by atoms with E-state index in [1.165, 1.54) is 28.0 Å². The summed E-state index contributed by atoms with van der Waals surface area (Å²) in [5, 5.41) is 5.76. The van der Waals surface area contributed by atoms with Crippen molar-refractivity contribution in [1.29, 1.82) is 0 Å². The Morgan fingerprint density at radius 3 is 2.35 bits per heavy atom. The Labute approximate surface area is 158 Å². The normalized spacial score (nSPS) is 14.9. The van der Waals surface area contributed by atoms with Crippen LogP contribution in [0.3, 0.4) is 0 Å². The van der Waals surface area contributed by atoms with Crippen molar-refractivity contribution >= 4 is 22.4 Å². The average molecular weight is 362 g/mol. The largest absolute Gasteiger partial charge is 0.301 e. The van der Waals surface area contributed by atoms with Gasteiger partial charge in [0.15, 0.2) is 5.13 Å². The van der Waals surface area contributed by atoms with Crippen molar-refractivity contribution in [1.82, 2.24) is 4.98 Å². The van der Waals surface area contributed by atoms with Crippen LogP contribution in [-0.4, -0.2) is 10.9 Å². The summed E-state index contributed by atoms with van der Waals surface area (Å²) in [6, 6.07) is 14.4. The fourth-order valence-corrected chi connectivity index (χ4v) is 4.47. The highest BCUT2D eigenvalue weighted by Gasteiger charge is 2.51. The predicted octanol–water partition coefficient (Wildman–Crippen LogP) is 5.41. The predicted molar refractivity (Wildman–Crippen MR) is 108 cm³/mol. The van der Waals surface area contributed by atoms with E-state index in [1.807, 2.05) is 35.7 Å². The number of anilines is 1. The second-order valence-corrected chi connectivity index (χ2v) is 8.07. The monoisotopic (exact) mass is 362 g/mol. The van der Waals surface area contributed by atoms with Gasteiger partial charge in [0.25, 0.3) is 0 Å². The van der Waals surface area contributed by atoms with Gasteiger partial charge in [-0.25, -0.2) is 4.98 Å². The van der Waals surface area contributed by atoms with Crippen molar-refractivity contribution in [2.75, 3.05) is 5.32 Å². The first-order chi connectivity index (χ1) is 12.5. The van der Waals surface area contributed by atoms with Crippen LogP contribution in [-0.2, 0) is 10.2 Å². The molecule has 1 aliphatic carbocycles. The quantitative estimate of drug-likeness (QED) is 0.674. The highest BCUT2D eigenvalue weighted by molar-refractivity contribution is 7.14. The lowest BCUT2D eigenvalue weighted by Gasteiger charge is -2.14. The lowest BCUT2D eigenvalue weighted by molar-refractivity contribution is -0.118. The molecule has 0 bridgehead atoms. The number of hydrogen-bond donors (Lipinski definition) is 1. The molecule has 0 saturated heterocycles. The number of rotatable bonds is 4. The minimum atomic E-state index is -0.372. The standard InChI is InChI=1S/C22H22N2OS/c1-14-11-15(2)19(16(3)12-14)18-13-26-21(23-18)24-20(25)22(9-10-22)17-7-5-4-6-8-17/h4-8,11-13H,9-10H2,1-3H3,(H,23,24,25). The summed E-state index contributed by atoms with van der Waals surface area (Å²) in [4.78, 5) is 17.6. The van der Waals surface area contributed by atoms with Crippen LogP contribution in [0.1, 0.15) is 35.1 Å². The number of carbonyl (C=O) groups is 1. The number of amides is 1. The molecule has 3 nitrogen and oxygen atoms in total. The molecule has 0 spiro atoms. The van der Waals surface area contributed by atoms with E-state index >= 15 is 0 Å². The topological polar surface area (TPSA) is 42.0 Å². The van der Waals surface area contributed by atoms with E-state index in [0.717, 1.165) is 29.7 Å². The molecule has 0 aliphatic heterocycles. The summed E-state index contributed by atoms with van der Waals surface area (Å²) in [7, 11) is 0. The van der Waals surface area contributed by atoms with Gasteiger partial charge >= 0.3 is 0 Å². The minimum absolute atomic E-state index is 0.0574. The summed E-state index contributed by atoms with van der Waals surface area (Å²) >= 11 is 1.49. The SMILES string of the molecule is Cc1cc(C)c(-c2csc(NC(=O)C3(c4ccccc4)CC3)n2)c(C)c1. The van der Waals surface area contributed by atoms with E-state index in [1.54, 1.807) is 0 Å². The van der Waals surface area contributed by atoms with E-state index in [-0.39, 0.29) is 11.3 Å². The molecule has 26 heavy (non-hydrogen) atoms. The van der Waals surface area contributed by atoms with Crippen molar-refractivity contribution in [3.63, 3.8) is 0 Å². The molecule has 1 amide bonds. The van der Waals surface area contributed by atoms with E-state index in [9.17, 15) is 4.79 Å². The fraction of sp³-hybridized carbons (Fsp3) is 0.273. The third-order valence-corrected chi connectivity index (χ3v) is 5.93. The molecule has 3 aromatic rings. The molecule has 0 unspecified atom stereocenters. The molecule has 4 rings (SSSR count). The second-order valence-electron chi connectivity index (χ2n) is 7.21. The molecule has 1 saturated carbocycles. The average Bonchev–Trinajstić information content (AvgIpc) is 3.31. The van der Waals surface area contributed by atoms with Gasteiger partial charge in [-0.1, -0.05) is 48.0 Å². The lowest BCUT2D eigenvalue weighted by atomic mass is 9.95. The molecule has 1 heterocycles. The molecule has 1 aliphatic rings. The van der Waals surface area contributed by atoms with Gasteiger partial charge in [-0.15, -0.1) is 11.3 Å². The summed E-state index contributed by atoms with van der Waals surface area (Å²) in [5.74, 6) is 0.0574. The van der Waals surface area contributed by atoms with Crippen LogP contribution < -0.4 is 5.32 Å². The summed E-state index contributed by atoms with van der Waals surface area (Å²) in [6.07, 6.45) is 1.80. The van der Waals surface area contributed by atoms with Gasteiger partial charge in [0, 0.05) is 10.9 Å². The Morgan fingerprint density at radius 2 is 1.73 bits per heavy atom. The Kier molecular flexibility index (Phi) is 4.16. The molecule has 1 N–H and O–H groups in total. The van der Waals surface area contributed by atoms with Crippen molar-refractivity contribution in [3.8, 4) is 11.3 Å². The van der Waals surface area contributed by atoms with Crippen LogP contribution in [0, 0.1) is 20.8 Å². The number of aryl methyl sites for hydroxylation is 3. The van der Waals surface area contributed by atoms with Crippen molar-refractivity contribution in [3.05, 3.63) is 70.1 Å². The van der Waals surface area contributed by atoms with E-state index in [2.05, 4.69) is 38.2 Å². The number of benzene rings is 2. The first-order valence-electron chi connectivity index (χ1n) is 8.90. The van der Waals surface area contributed by atoms with Crippen molar-refractivity contribution < 1.29 is 4.79 Å². The van der Waals surface area contributed by atoms with Crippen molar-refractivity contribution in [2.24, 2.45) is 0 Å². The molecule has 0 atom stereocenters. The van der Waals surface area contributed by atoms with Crippen LogP contribution in [0.25, 0.3) is 11.3 Å². The number of nitrogens with one attached hydrogen (secondary N) is 1. The Morgan fingerprint density at radius 1 is 1.08 bits per heavy atom.